The lowest BCUT2D eigenvalue weighted by Crippen LogP contribution is -2.58. The highest BCUT2D eigenvalue weighted by atomic mass is 32.2. The third kappa shape index (κ3) is 10.4. The van der Waals surface area contributed by atoms with E-state index in [4.69, 9.17) is 10.8 Å². The number of aromatic nitrogens is 2. The van der Waals surface area contributed by atoms with E-state index < -0.39 is 60.2 Å². The van der Waals surface area contributed by atoms with Gasteiger partial charge in [0.15, 0.2) is 0 Å². The molecule has 1 heterocycles. The molecule has 0 aliphatic carbocycles. The minimum atomic E-state index is -1.29. The summed E-state index contributed by atoms with van der Waals surface area (Å²) in [6, 6.07) is -4.72. The Balaban J connectivity index is 3.05. The molecule has 0 bridgehead atoms. The minimum absolute atomic E-state index is 0.00339. The van der Waals surface area contributed by atoms with Crippen LogP contribution in [0.4, 0.5) is 0 Å². The maximum Gasteiger partial charge on any atom is 0.326 e. The molecule has 13 nitrogen and oxygen atoms in total. The van der Waals surface area contributed by atoms with Crippen LogP contribution in [0.25, 0.3) is 0 Å². The average molecular weight is 519 g/mol. The predicted octanol–water partition coefficient (Wildman–Crippen LogP) is -1.63. The molecule has 0 saturated heterocycles. The molecule has 0 aliphatic rings. The summed E-state index contributed by atoms with van der Waals surface area (Å²) in [7, 11) is 0. The van der Waals surface area contributed by atoms with Gasteiger partial charge in [0.05, 0.1) is 12.4 Å². The molecule has 1 aromatic heterocycles. The van der Waals surface area contributed by atoms with Gasteiger partial charge >= 0.3 is 11.9 Å². The summed E-state index contributed by atoms with van der Waals surface area (Å²) in [6.45, 7) is 0. The van der Waals surface area contributed by atoms with E-state index in [0.29, 0.717) is 11.4 Å². The van der Waals surface area contributed by atoms with E-state index in [-0.39, 0.29) is 25.0 Å². The molecule has 190 valence electrons. The second-order valence-electron chi connectivity index (χ2n) is 7.31. The summed E-state index contributed by atoms with van der Waals surface area (Å²) in [4.78, 5) is 67.2. The number of H-pyrrole nitrogens is 1. The molecule has 1 rings (SSSR count). The number of carboxylic acid groups (broad SMARTS) is 2. The largest absolute Gasteiger partial charge is 0.481 e. The van der Waals surface area contributed by atoms with Gasteiger partial charge in [-0.1, -0.05) is 0 Å². The Kier molecular flexibility index (Phi) is 13.1. The zero-order valence-electron chi connectivity index (χ0n) is 18.5. The molecule has 3 amide bonds. The highest BCUT2D eigenvalue weighted by Crippen LogP contribution is 2.06. The normalized spacial score (nSPS) is 14.3. The lowest BCUT2D eigenvalue weighted by molar-refractivity contribution is -0.142. The first-order chi connectivity index (χ1) is 16.1. The third-order valence-electron chi connectivity index (χ3n) is 4.65. The summed E-state index contributed by atoms with van der Waals surface area (Å²) in [5, 5.41) is 25.7. The van der Waals surface area contributed by atoms with Crippen molar-refractivity contribution in [2.45, 2.75) is 49.9 Å². The van der Waals surface area contributed by atoms with Crippen molar-refractivity contribution in [3.8, 4) is 0 Å². The molecule has 0 fully saturated rings. The average Bonchev–Trinajstić information content (AvgIpc) is 3.30. The number of aliphatic carboxylic acids is 2. The van der Waals surface area contributed by atoms with E-state index in [0.717, 1.165) is 0 Å². The highest BCUT2D eigenvalue weighted by Gasteiger charge is 2.30. The van der Waals surface area contributed by atoms with Gasteiger partial charge in [-0.25, -0.2) is 9.78 Å². The van der Waals surface area contributed by atoms with Crippen molar-refractivity contribution in [1.82, 2.24) is 25.9 Å². The first kappa shape index (κ1) is 29.3. The summed E-state index contributed by atoms with van der Waals surface area (Å²) in [5.74, 6) is -4.21. The van der Waals surface area contributed by atoms with Gasteiger partial charge in [-0.3, -0.25) is 19.2 Å². The monoisotopic (exact) mass is 518 g/mol. The number of thiol groups is 1. The van der Waals surface area contributed by atoms with Crippen molar-refractivity contribution >= 4 is 54.1 Å². The third-order valence-corrected chi connectivity index (χ3v) is 5.69. The van der Waals surface area contributed by atoms with Crippen molar-refractivity contribution in [2.24, 2.45) is 5.73 Å². The maximum atomic E-state index is 12.9. The number of nitrogens with two attached hydrogens (primary N) is 1. The van der Waals surface area contributed by atoms with E-state index in [1.54, 1.807) is 6.26 Å². The van der Waals surface area contributed by atoms with Crippen LogP contribution in [0.3, 0.4) is 0 Å². The summed E-state index contributed by atoms with van der Waals surface area (Å²) < 4.78 is 0. The molecule has 0 radical (unpaired) electrons. The number of hydrogen-bond acceptors (Lipinski definition) is 9. The Labute approximate surface area is 205 Å². The molecule has 8 N–H and O–H groups in total. The molecule has 0 aromatic carbocycles. The molecule has 0 spiro atoms. The standard InChI is InChI=1S/C19H30N6O7S2/c1-34-5-4-13(19(31)32)24-18(30)14(6-10-7-21-9-22-10)25-17(29)12(2-3-15(26)27)23-16(28)11(20)8-33/h7,9,11-14,33H,2-6,8,20H2,1H3,(H,21,22)(H,23,28)(H,24,30)(H,25,29)(H,26,27)(H,31,32). The van der Waals surface area contributed by atoms with Gasteiger partial charge in [-0.05, 0) is 24.9 Å². The van der Waals surface area contributed by atoms with Crippen molar-refractivity contribution < 1.29 is 34.2 Å². The van der Waals surface area contributed by atoms with Crippen LogP contribution in [0.1, 0.15) is 25.0 Å². The number of carbonyl (C=O) groups is 5. The van der Waals surface area contributed by atoms with Crippen LogP contribution < -0.4 is 21.7 Å². The Morgan fingerprint density at radius 2 is 1.68 bits per heavy atom. The Bertz CT molecular complexity index is 839. The molecular formula is C19H30N6O7S2. The molecule has 0 saturated carbocycles. The molecule has 4 unspecified atom stereocenters. The number of hydrogen-bond donors (Lipinski definition) is 8. The molecule has 34 heavy (non-hydrogen) atoms. The van der Waals surface area contributed by atoms with Crippen molar-refractivity contribution in [1.29, 1.82) is 0 Å². The lowest BCUT2D eigenvalue weighted by Gasteiger charge is -2.24. The maximum absolute atomic E-state index is 12.9. The van der Waals surface area contributed by atoms with Gasteiger partial charge in [0.1, 0.15) is 18.1 Å². The second-order valence-corrected chi connectivity index (χ2v) is 8.66. The highest BCUT2D eigenvalue weighted by molar-refractivity contribution is 7.98. The van der Waals surface area contributed by atoms with Crippen LogP contribution in [-0.2, 0) is 30.4 Å². The zero-order valence-corrected chi connectivity index (χ0v) is 20.2. The fourth-order valence-electron chi connectivity index (χ4n) is 2.76. The van der Waals surface area contributed by atoms with E-state index in [1.165, 1.54) is 24.3 Å². The fourth-order valence-corrected chi connectivity index (χ4v) is 3.40. The van der Waals surface area contributed by atoms with E-state index in [9.17, 15) is 29.1 Å². The number of rotatable bonds is 16. The predicted molar refractivity (Wildman–Crippen MR) is 127 cm³/mol. The number of thioether (sulfide) groups is 1. The van der Waals surface area contributed by atoms with E-state index in [2.05, 4.69) is 38.5 Å². The molecule has 0 aliphatic heterocycles. The van der Waals surface area contributed by atoms with Crippen LogP contribution in [0.15, 0.2) is 12.5 Å². The summed E-state index contributed by atoms with van der Waals surface area (Å²) in [6.07, 6.45) is 4.04. The van der Waals surface area contributed by atoms with E-state index >= 15 is 0 Å². The summed E-state index contributed by atoms with van der Waals surface area (Å²) in [5.41, 5.74) is 6.10. The number of carboxylic acids is 2. The number of aromatic amines is 1. The first-order valence-electron chi connectivity index (χ1n) is 10.3. The van der Waals surface area contributed by atoms with Crippen molar-refractivity contribution in [3.05, 3.63) is 18.2 Å². The van der Waals surface area contributed by atoms with Gasteiger partial charge in [-0.15, -0.1) is 0 Å². The summed E-state index contributed by atoms with van der Waals surface area (Å²) >= 11 is 5.34. The Morgan fingerprint density at radius 3 is 2.21 bits per heavy atom. The molecular weight excluding hydrogens is 488 g/mol. The fraction of sp³-hybridized carbons (Fsp3) is 0.579. The van der Waals surface area contributed by atoms with Crippen LogP contribution in [0.5, 0.6) is 0 Å². The Morgan fingerprint density at radius 1 is 1.06 bits per heavy atom. The Hall–Kier alpha value is -2.78. The zero-order chi connectivity index (χ0) is 25.7. The molecule has 4 atom stereocenters. The lowest BCUT2D eigenvalue weighted by atomic mass is 10.1. The number of nitrogens with zero attached hydrogens (tertiary/aromatic N) is 1. The van der Waals surface area contributed by atoms with Crippen molar-refractivity contribution in [2.75, 3.05) is 17.8 Å². The minimum Gasteiger partial charge on any atom is -0.481 e. The van der Waals surface area contributed by atoms with Crippen LogP contribution in [-0.4, -0.2) is 91.8 Å². The van der Waals surface area contributed by atoms with Gasteiger partial charge in [0.2, 0.25) is 17.7 Å². The second kappa shape index (κ2) is 15.2. The smallest absolute Gasteiger partial charge is 0.326 e. The van der Waals surface area contributed by atoms with Gasteiger partial charge in [-0.2, -0.15) is 24.4 Å². The number of carbonyl (C=O) groups excluding carboxylic acids is 3. The number of nitrogens with one attached hydrogen (secondary N) is 4. The SMILES string of the molecule is CSCCC(NC(=O)C(Cc1cnc[nH]1)NC(=O)C(CCC(=O)O)NC(=O)C(N)CS)C(=O)O. The van der Waals surface area contributed by atoms with Crippen molar-refractivity contribution in [3.63, 3.8) is 0 Å². The van der Waals surface area contributed by atoms with Crippen LogP contribution in [0, 0.1) is 0 Å². The quantitative estimate of drug-likeness (QED) is 0.117. The van der Waals surface area contributed by atoms with Crippen LogP contribution in [0.2, 0.25) is 0 Å². The topological polar surface area (TPSA) is 217 Å². The van der Waals surface area contributed by atoms with E-state index in [1.807, 2.05) is 0 Å². The number of amides is 3. The van der Waals surface area contributed by atoms with Gasteiger partial charge in [0.25, 0.3) is 0 Å². The first-order valence-corrected chi connectivity index (χ1v) is 12.3. The molecule has 1 aromatic rings. The van der Waals surface area contributed by atoms with Gasteiger partial charge in [0, 0.05) is 30.5 Å². The van der Waals surface area contributed by atoms with Gasteiger partial charge < -0.3 is 36.9 Å². The number of imidazole rings is 1. The van der Waals surface area contributed by atoms with Crippen LogP contribution >= 0.6 is 24.4 Å². The molecule has 15 heteroatoms.